The molecule has 1 aromatic rings. The van der Waals surface area contributed by atoms with Crippen LogP contribution in [0.3, 0.4) is 0 Å². The number of hydrogen-bond donors (Lipinski definition) is 0. The van der Waals surface area contributed by atoms with Crippen molar-refractivity contribution in [1.29, 1.82) is 0 Å². The van der Waals surface area contributed by atoms with E-state index in [2.05, 4.69) is 6.58 Å². The van der Waals surface area contributed by atoms with Crippen molar-refractivity contribution in [3.05, 3.63) is 48.2 Å². The zero-order valence-corrected chi connectivity index (χ0v) is 16.3. The third kappa shape index (κ3) is 4.37. The average Bonchev–Trinajstić information content (AvgIpc) is 2.82. The maximum atomic E-state index is 15.5. The Bertz CT molecular complexity index is 654. The van der Waals surface area contributed by atoms with Crippen molar-refractivity contribution in [2.45, 2.75) is 45.3 Å². The van der Waals surface area contributed by atoms with Gasteiger partial charge in [0.15, 0.2) is 0 Å². The van der Waals surface area contributed by atoms with Gasteiger partial charge in [-0.2, -0.15) is 0 Å². The van der Waals surface area contributed by atoms with Gasteiger partial charge in [0, 0.05) is 5.56 Å². The molecule has 6 heteroatoms. The van der Waals surface area contributed by atoms with Gasteiger partial charge in [0.2, 0.25) is 0 Å². The van der Waals surface area contributed by atoms with Gasteiger partial charge >= 0.3 is 7.12 Å². The Kier molecular flexibility index (Phi) is 6.66. The van der Waals surface area contributed by atoms with Crippen molar-refractivity contribution in [1.82, 2.24) is 0 Å². The summed E-state index contributed by atoms with van der Waals surface area (Å²) in [7, 11) is 0.511. The number of para-hydroxylation sites is 1. The van der Waals surface area contributed by atoms with Crippen LogP contribution in [0.25, 0.3) is 5.57 Å². The van der Waals surface area contributed by atoms with Crippen LogP contribution in [0, 0.1) is 0 Å². The molecule has 0 amide bonds. The second-order valence-electron chi connectivity index (χ2n) is 7.23. The molecule has 0 aromatic heterocycles. The van der Waals surface area contributed by atoms with Crippen molar-refractivity contribution in [3.63, 3.8) is 0 Å². The van der Waals surface area contributed by atoms with Gasteiger partial charge in [0.25, 0.3) is 0 Å². The fraction of sp³-hybridized carbons (Fsp3) is 0.500. The maximum absolute atomic E-state index is 15.5. The van der Waals surface area contributed by atoms with E-state index in [0.717, 1.165) is 0 Å². The lowest BCUT2D eigenvalue weighted by atomic mass is 9.81. The van der Waals surface area contributed by atoms with Crippen LogP contribution in [-0.2, 0) is 14.0 Å². The van der Waals surface area contributed by atoms with Crippen LogP contribution in [0.4, 0.5) is 4.39 Å². The molecule has 0 N–H and O–H groups in total. The van der Waals surface area contributed by atoms with Crippen molar-refractivity contribution in [3.8, 4) is 5.75 Å². The van der Waals surface area contributed by atoms with Gasteiger partial charge in [-0.1, -0.05) is 24.3 Å². The molecule has 1 aliphatic rings. The molecule has 26 heavy (non-hydrogen) atoms. The van der Waals surface area contributed by atoms with Gasteiger partial charge in [-0.15, -0.1) is 6.58 Å². The van der Waals surface area contributed by atoms with E-state index in [1.807, 2.05) is 45.9 Å². The molecular weight excluding hydrogens is 334 g/mol. The predicted molar refractivity (Wildman–Crippen MR) is 103 cm³/mol. The van der Waals surface area contributed by atoms with Gasteiger partial charge in [-0.05, 0) is 45.8 Å². The summed E-state index contributed by atoms with van der Waals surface area (Å²) in [6.07, 6.45) is 2.03. The fourth-order valence-corrected chi connectivity index (χ4v) is 2.71. The smallest absolute Gasteiger partial charge is 0.496 e. The van der Waals surface area contributed by atoms with Crippen molar-refractivity contribution in [2.75, 3.05) is 20.3 Å². The first-order valence-corrected chi connectivity index (χ1v) is 8.79. The lowest BCUT2D eigenvalue weighted by molar-refractivity contribution is 0.00578. The van der Waals surface area contributed by atoms with Crippen LogP contribution >= 0.6 is 0 Å². The molecule has 0 atom stereocenters. The molecule has 0 aliphatic carbocycles. The summed E-state index contributed by atoms with van der Waals surface area (Å²) in [4.78, 5) is 0. The van der Waals surface area contributed by atoms with Crippen molar-refractivity contribution >= 4 is 12.7 Å². The van der Waals surface area contributed by atoms with Crippen molar-refractivity contribution < 1.29 is 23.2 Å². The quantitative estimate of drug-likeness (QED) is 0.385. The summed E-state index contributed by atoms with van der Waals surface area (Å²) < 4.78 is 38.1. The van der Waals surface area contributed by atoms with Crippen LogP contribution in [0.15, 0.2) is 42.6 Å². The van der Waals surface area contributed by atoms with Crippen LogP contribution in [0.5, 0.6) is 5.75 Å². The molecule has 0 radical (unpaired) electrons. The molecular formula is C20H28BFO4. The van der Waals surface area contributed by atoms with Gasteiger partial charge < -0.3 is 18.8 Å². The first kappa shape index (κ1) is 20.7. The summed E-state index contributed by atoms with van der Waals surface area (Å²) in [5, 5.41) is 0. The zero-order chi connectivity index (χ0) is 19.4. The number of benzene rings is 1. The third-order valence-electron chi connectivity index (χ3n) is 4.91. The summed E-state index contributed by atoms with van der Waals surface area (Å²) in [5.74, 6) is 0.595. The average molecular weight is 362 g/mol. The van der Waals surface area contributed by atoms with Gasteiger partial charge in [0.05, 0.1) is 31.5 Å². The standard InChI is InChI=1S/C20H28BFO4/c1-7-13-24-14-12-16(15-10-8-9-11-17(15)23-6)18(22)21-25-19(2,3)20(4,5)26-21/h7-11H,1,12-14H2,2-6H3. The van der Waals surface area contributed by atoms with E-state index in [4.69, 9.17) is 18.8 Å². The highest BCUT2D eigenvalue weighted by Crippen LogP contribution is 2.41. The normalized spacial score (nSPS) is 19.2. The Hall–Kier alpha value is -1.63. The minimum Gasteiger partial charge on any atom is -0.496 e. The Morgan fingerprint density at radius 2 is 1.81 bits per heavy atom. The first-order valence-electron chi connectivity index (χ1n) is 8.79. The fourth-order valence-electron chi connectivity index (χ4n) is 2.71. The molecule has 4 nitrogen and oxygen atoms in total. The lowest BCUT2D eigenvalue weighted by Crippen LogP contribution is -2.41. The number of rotatable bonds is 8. The minimum absolute atomic E-state index is 0.353. The maximum Gasteiger partial charge on any atom is 0.525 e. The third-order valence-corrected chi connectivity index (χ3v) is 4.91. The van der Waals surface area contributed by atoms with Gasteiger partial charge in [-0.25, -0.2) is 4.39 Å². The number of halogens is 1. The predicted octanol–water partition coefficient (Wildman–Crippen LogP) is 4.60. The summed E-state index contributed by atoms with van der Waals surface area (Å²) >= 11 is 0. The molecule has 0 bridgehead atoms. The molecule has 1 saturated heterocycles. The van der Waals surface area contributed by atoms with Crippen LogP contribution in [-0.4, -0.2) is 38.6 Å². The number of hydrogen-bond acceptors (Lipinski definition) is 4. The van der Waals surface area contributed by atoms with E-state index in [9.17, 15) is 0 Å². The first-order chi connectivity index (χ1) is 12.2. The molecule has 2 rings (SSSR count). The topological polar surface area (TPSA) is 36.9 Å². The molecule has 142 valence electrons. The van der Waals surface area contributed by atoms with E-state index in [1.165, 1.54) is 0 Å². The number of ether oxygens (including phenoxy) is 2. The molecule has 0 saturated carbocycles. The molecule has 1 fully saturated rings. The molecule has 1 heterocycles. The molecule has 0 spiro atoms. The van der Waals surface area contributed by atoms with E-state index in [0.29, 0.717) is 36.5 Å². The molecule has 1 aromatic carbocycles. The molecule has 1 aliphatic heterocycles. The highest BCUT2D eigenvalue weighted by atomic mass is 19.1. The highest BCUT2D eigenvalue weighted by molar-refractivity contribution is 6.55. The van der Waals surface area contributed by atoms with Gasteiger partial charge in [0.1, 0.15) is 11.5 Å². The summed E-state index contributed by atoms with van der Waals surface area (Å²) in [6, 6.07) is 7.32. The second-order valence-corrected chi connectivity index (χ2v) is 7.23. The largest absolute Gasteiger partial charge is 0.525 e. The van der Waals surface area contributed by atoms with E-state index in [1.54, 1.807) is 19.3 Å². The molecule has 0 unspecified atom stereocenters. The van der Waals surface area contributed by atoms with Gasteiger partial charge in [-0.3, -0.25) is 0 Å². The van der Waals surface area contributed by atoms with E-state index >= 15 is 4.39 Å². The zero-order valence-electron chi connectivity index (χ0n) is 16.3. The minimum atomic E-state index is -1.06. The van der Waals surface area contributed by atoms with E-state index in [-0.39, 0.29) is 0 Å². The van der Waals surface area contributed by atoms with Crippen LogP contribution in [0.1, 0.15) is 39.7 Å². The van der Waals surface area contributed by atoms with Crippen LogP contribution < -0.4 is 4.74 Å². The monoisotopic (exact) mass is 362 g/mol. The second kappa shape index (κ2) is 8.38. The number of methoxy groups -OCH3 is 1. The van der Waals surface area contributed by atoms with Crippen LogP contribution in [0.2, 0.25) is 0 Å². The lowest BCUT2D eigenvalue weighted by Gasteiger charge is -2.32. The Labute approximate surface area is 156 Å². The Balaban J connectivity index is 2.38. The Morgan fingerprint density at radius 3 is 2.38 bits per heavy atom. The highest BCUT2D eigenvalue weighted by Gasteiger charge is 2.53. The summed E-state index contributed by atoms with van der Waals surface area (Å²) in [5.41, 5.74) is -0.537. The SMILES string of the molecule is C=CCOCCC(=C(F)B1OC(C)(C)C(C)(C)O1)c1ccccc1OC. The van der Waals surface area contributed by atoms with Crippen molar-refractivity contribution in [2.24, 2.45) is 0 Å². The summed E-state index contributed by atoms with van der Waals surface area (Å²) in [6.45, 7) is 12.0. The van der Waals surface area contributed by atoms with E-state index < -0.39 is 24.0 Å². The Morgan fingerprint density at radius 1 is 1.19 bits per heavy atom.